The first-order valence-electron chi connectivity index (χ1n) is 5.47. The van der Waals surface area contributed by atoms with Crippen LogP contribution in [0.5, 0.6) is 0 Å². The van der Waals surface area contributed by atoms with Crippen molar-refractivity contribution < 1.29 is 9.53 Å². The summed E-state index contributed by atoms with van der Waals surface area (Å²) in [5.74, 6) is 0. The number of amides is 2. The predicted molar refractivity (Wildman–Crippen MR) is 65.6 cm³/mol. The summed E-state index contributed by atoms with van der Waals surface area (Å²) in [6.45, 7) is 6.28. The van der Waals surface area contributed by atoms with E-state index < -0.39 is 6.03 Å². The summed E-state index contributed by atoms with van der Waals surface area (Å²) in [6.07, 6.45) is 4.91. The van der Waals surface area contributed by atoms with Gasteiger partial charge in [-0.3, -0.25) is 0 Å². The molecule has 2 amide bonds. The minimum Gasteiger partial charge on any atom is -0.381 e. The molecule has 0 saturated carbocycles. The van der Waals surface area contributed by atoms with Crippen molar-refractivity contribution in [2.24, 2.45) is 11.5 Å². The summed E-state index contributed by atoms with van der Waals surface area (Å²) in [5.41, 5.74) is 8.50. The highest BCUT2D eigenvalue weighted by Crippen LogP contribution is 1.91. The van der Waals surface area contributed by atoms with E-state index in [0.29, 0.717) is 0 Å². The summed E-state index contributed by atoms with van der Waals surface area (Å²) in [5, 5.41) is 14.5. The van der Waals surface area contributed by atoms with Gasteiger partial charge in [0.2, 0.25) is 0 Å². The van der Waals surface area contributed by atoms with Gasteiger partial charge in [-0.2, -0.15) is 10.5 Å². The van der Waals surface area contributed by atoms with Crippen molar-refractivity contribution in [3.05, 3.63) is 0 Å². The Morgan fingerprint density at radius 1 is 1.06 bits per heavy atom. The van der Waals surface area contributed by atoms with E-state index in [0.717, 1.165) is 13.2 Å². The van der Waals surface area contributed by atoms with Crippen molar-refractivity contribution in [1.82, 2.24) is 0 Å². The van der Waals surface area contributed by atoms with Crippen LogP contribution >= 0.6 is 0 Å². The highest BCUT2D eigenvalue weighted by Gasteiger charge is 1.84. The van der Waals surface area contributed by atoms with E-state index in [2.05, 4.69) is 25.3 Å². The molecule has 0 fully saturated rings. The summed E-state index contributed by atoms with van der Waals surface area (Å²) < 4.78 is 5.31. The highest BCUT2D eigenvalue weighted by molar-refractivity contribution is 5.69. The molecule has 0 aromatic heterocycles. The summed E-state index contributed by atoms with van der Waals surface area (Å²) >= 11 is 0. The molecule has 0 heterocycles. The van der Waals surface area contributed by atoms with E-state index in [4.69, 9.17) is 20.1 Å². The predicted octanol–water partition coefficient (Wildman–Crippen LogP) is 1.66. The SMILES string of the molecule is CCCCOCCCC.N#CC#N.NC(N)=O. The number of carbonyl (C=O) groups is 1. The zero-order valence-corrected chi connectivity index (χ0v) is 10.6. The van der Waals surface area contributed by atoms with E-state index in [-0.39, 0.29) is 0 Å². The fourth-order valence-corrected chi connectivity index (χ4v) is 0.595. The van der Waals surface area contributed by atoms with Gasteiger partial charge < -0.3 is 16.2 Å². The van der Waals surface area contributed by atoms with Crippen molar-refractivity contribution >= 4 is 6.03 Å². The van der Waals surface area contributed by atoms with Gasteiger partial charge in [-0.25, -0.2) is 4.79 Å². The second kappa shape index (κ2) is 23.8. The highest BCUT2D eigenvalue weighted by atomic mass is 16.5. The Hall–Kier alpha value is -1.79. The summed E-state index contributed by atoms with van der Waals surface area (Å²) in [6, 6.07) is 1.64. The molecular formula is C11H22N4O2. The van der Waals surface area contributed by atoms with Crippen LogP contribution in [0.2, 0.25) is 0 Å². The Balaban J connectivity index is -0.000000205. The first kappa shape index (κ1) is 20.6. The first-order chi connectivity index (χ1) is 8.06. The third kappa shape index (κ3) is 78.0. The van der Waals surface area contributed by atoms with Crippen LogP contribution in [-0.4, -0.2) is 19.2 Å². The molecule has 6 heteroatoms. The molecular weight excluding hydrogens is 220 g/mol. The number of primary amides is 2. The lowest BCUT2D eigenvalue weighted by Crippen LogP contribution is -2.18. The van der Waals surface area contributed by atoms with Gasteiger partial charge in [0.25, 0.3) is 0 Å². The maximum Gasteiger partial charge on any atom is 0.309 e. The van der Waals surface area contributed by atoms with Crippen LogP contribution in [0.25, 0.3) is 0 Å². The average molecular weight is 242 g/mol. The number of nitriles is 2. The minimum absolute atomic E-state index is 0.833. The zero-order valence-electron chi connectivity index (χ0n) is 10.6. The maximum absolute atomic E-state index is 9.00. The third-order valence-corrected chi connectivity index (χ3v) is 1.33. The fraction of sp³-hybridized carbons (Fsp3) is 0.727. The molecule has 0 unspecified atom stereocenters. The number of urea groups is 1. The van der Waals surface area contributed by atoms with Gasteiger partial charge in [-0.1, -0.05) is 26.7 Å². The van der Waals surface area contributed by atoms with Crippen molar-refractivity contribution in [3.8, 4) is 12.1 Å². The molecule has 0 aliphatic carbocycles. The van der Waals surface area contributed by atoms with E-state index in [1.165, 1.54) is 37.8 Å². The van der Waals surface area contributed by atoms with Crippen LogP contribution in [0, 0.1) is 22.7 Å². The monoisotopic (exact) mass is 242 g/mol. The van der Waals surface area contributed by atoms with Crippen LogP contribution in [0.4, 0.5) is 4.79 Å². The molecule has 0 aliphatic rings. The number of ether oxygens (including phenoxy) is 1. The Labute approximate surface area is 103 Å². The van der Waals surface area contributed by atoms with Gasteiger partial charge in [-0.15, -0.1) is 0 Å². The summed E-state index contributed by atoms with van der Waals surface area (Å²) in [4.78, 5) is 9.00. The molecule has 0 rings (SSSR count). The third-order valence-electron chi connectivity index (χ3n) is 1.33. The van der Waals surface area contributed by atoms with Crippen molar-refractivity contribution in [2.75, 3.05) is 13.2 Å². The van der Waals surface area contributed by atoms with Gasteiger partial charge >= 0.3 is 6.03 Å². The van der Waals surface area contributed by atoms with Crippen LogP contribution in [0.1, 0.15) is 39.5 Å². The van der Waals surface area contributed by atoms with E-state index >= 15 is 0 Å². The van der Waals surface area contributed by atoms with Crippen molar-refractivity contribution in [3.63, 3.8) is 0 Å². The minimum atomic E-state index is -0.833. The molecule has 0 saturated heterocycles. The Morgan fingerprint density at radius 2 is 1.35 bits per heavy atom. The molecule has 0 aromatic carbocycles. The van der Waals surface area contributed by atoms with Crippen LogP contribution in [-0.2, 0) is 4.74 Å². The maximum atomic E-state index is 9.00. The van der Waals surface area contributed by atoms with Crippen LogP contribution in [0.3, 0.4) is 0 Å². The second-order valence-electron chi connectivity index (χ2n) is 2.95. The Morgan fingerprint density at radius 3 is 1.53 bits per heavy atom. The molecule has 0 aliphatic heterocycles. The fourth-order valence-electron chi connectivity index (χ4n) is 0.595. The van der Waals surface area contributed by atoms with E-state index in [1.54, 1.807) is 0 Å². The number of hydrogen-bond acceptors (Lipinski definition) is 4. The van der Waals surface area contributed by atoms with Crippen LogP contribution < -0.4 is 11.5 Å². The second-order valence-corrected chi connectivity index (χ2v) is 2.95. The molecule has 0 atom stereocenters. The standard InChI is InChI=1S/C8H18O.C2N2.CH4N2O/c1-3-5-7-9-8-6-4-2;3-1-2-4;2-1(3)4/h3-8H2,1-2H3;;(H4,2,3,4). The summed E-state index contributed by atoms with van der Waals surface area (Å²) in [7, 11) is 0. The lowest BCUT2D eigenvalue weighted by atomic mass is 10.3. The number of unbranched alkanes of at least 4 members (excludes halogenated alkanes) is 2. The number of hydrogen-bond donors (Lipinski definition) is 2. The van der Waals surface area contributed by atoms with Gasteiger partial charge in [0.05, 0.1) is 0 Å². The number of nitrogens with two attached hydrogens (primary N) is 2. The van der Waals surface area contributed by atoms with Crippen LogP contribution in [0.15, 0.2) is 0 Å². The topological polar surface area (TPSA) is 126 Å². The smallest absolute Gasteiger partial charge is 0.309 e. The van der Waals surface area contributed by atoms with Crippen molar-refractivity contribution in [2.45, 2.75) is 39.5 Å². The number of carbonyl (C=O) groups excluding carboxylic acids is 1. The zero-order chi connectivity index (χ0) is 13.9. The molecule has 0 spiro atoms. The van der Waals surface area contributed by atoms with E-state index in [1.807, 2.05) is 0 Å². The molecule has 4 N–H and O–H groups in total. The lowest BCUT2D eigenvalue weighted by Gasteiger charge is -1.99. The lowest BCUT2D eigenvalue weighted by molar-refractivity contribution is 0.128. The normalized spacial score (nSPS) is 7.29. The van der Waals surface area contributed by atoms with Gasteiger partial charge in [0.15, 0.2) is 12.1 Å². The van der Waals surface area contributed by atoms with Crippen molar-refractivity contribution in [1.29, 1.82) is 10.5 Å². The quantitative estimate of drug-likeness (QED) is 0.686. The average Bonchev–Trinajstić information content (AvgIpc) is 2.29. The number of nitrogens with zero attached hydrogens (tertiary/aromatic N) is 2. The Bertz CT molecular complexity index is 209. The Kier molecular flexibility index (Phi) is 28.8. The largest absolute Gasteiger partial charge is 0.381 e. The molecule has 0 radical (unpaired) electrons. The molecule has 17 heavy (non-hydrogen) atoms. The van der Waals surface area contributed by atoms with Gasteiger partial charge in [0, 0.05) is 13.2 Å². The first-order valence-corrected chi connectivity index (χ1v) is 5.47. The molecule has 0 bridgehead atoms. The van der Waals surface area contributed by atoms with Gasteiger partial charge in [-0.05, 0) is 12.8 Å². The van der Waals surface area contributed by atoms with Gasteiger partial charge in [0.1, 0.15) is 0 Å². The molecule has 98 valence electrons. The van der Waals surface area contributed by atoms with E-state index in [9.17, 15) is 0 Å². The molecule has 0 aromatic rings. The molecule has 6 nitrogen and oxygen atoms in total. The number of rotatable bonds is 6.